The number of halogens is 1. The van der Waals surface area contributed by atoms with Crippen molar-refractivity contribution in [2.75, 3.05) is 6.67 Å². The predicted molar refractivity (Wildman–Crippen MR) is 69.2 cm³/mol. The van der Waals surface area contributed by atoms with Gasteiger partial charge in [0.2, 0.25) is 0 Å². The van der Waals surface area contributed by atoms with Crippen LogP contribution in [0.1, 0.15) is 33.3 Å². The lowest BCUT2D eigenvalue weighted by Gasteiger charge is -1.88. The number of alkyl halides is 1. The van der Waals surface area contributed by atoms with Gasteiger partial charge < -0.3 is 0 Å². The van der Waals surface area contributed by atoms with E-state index in [1.807, 2.05) is 50.3 Å². The van der Waals surface area contributed by atoms with Gasteiger partial charge in [-0.25, -0.2) is 0 Å². The standard InChI is InChI=1S/C10H10O.C2H5F.C2H6/c1-9(11)7-8-10-5-3-2-4-6-10;1-2-3;1-2/h2-8H,1H3;2H2,1H3;1-2H3/b8-7+;;. The highest BCUT2D eigenvalue weighted by Gasteiger charge is 1.83. The van der Waals surface area contributed by atoms with Crippen molar-refractivity contribution in [2.24, 2.45) is 0 Å². The minimum Gasteiger partial charge on any atom is -0.295 e. The van der Waals surface area contributed by atoms with Crippen molar-refractivity contribution in [3.63, 3.8) is 0 Å². The third-order valence-electron chi connectivity index (χ3n) is 1.31. The predicted octanol–water partition coefficient (Wildman–Crippen LogP) is 4.29. The fourth-order valence-electron chi connectivity index (χ4n) is 0.778. The summed E-state index contributed by atoms with van der Waals surface area (Å²) in [6, 6.07) is 9.75. The fourth-order valence-corrected chi connectivity index (χ4v) is 0.778. The summed E-state index contributed by atoms with van der Waals surface area (Å²) in [5, 5.41) is 0. The van der Waals surface area contributed by atoms with Crippen molar-refractivity contribution < 1.29 is 9.18 Å². The smallest absolute Gasteiger partial charge is 0.152 e. The van der Waals surface area contributed by atoms with Gasteiger partial charge in [-0.1, -0.05) is 50.3 Å². The SMILES string of the molecule is CC.CC(=O)/C=C/c1ccccc1.CCF. The van der Waals surface area contributed by atoms with Crippen molar-refractivity contribution >= 4 is 11.9 Å². The van der Waals surface area contributed by atoms with E-state index in [0.29, 0.717) is 0 Å². The van der Waals surface area contributed by atoms with Crippen molar-refractivity contribution in [3.8, 4) is 0 Å². The molecule has 0 aliphatic rings. The second-order valence-corrected chi connectivity index (χ2v) is 2.62. The molecule has 1 aromatic carbocycles. The van der Waals surface area contributed by atoms with E-state index >= 15 is 0 Å². The molecule has 0 aliphatic carbocycles. The number of carbonyl (C=O) groups is 1. The molecule has 0 N–H and O–H groups in total. The molecule has 1 rings (SSSR count). The third kappa shape index (κ3) is 12.6. The van der Waals surface area contributed by atoms with Gasteiger partial charge in [0.1, 0.15) is 0 Å². The minimum atomic E-state index is -0.250. The van der Waals surface area contributed by atoms with Crippen LogP contribution in [0.25, 0.3) is 6.08 Å². The van der Waals surface area contributed by atoms with E-state index in [4.69, 9.17) is 0 Å². The number of benzene rings is 1. The monoisotopic (exact) mass is 224 g/mol. The Labute approximate surface area is 98.0 Å². The van der Waals surface area contributed by atoms with Crippen LogP contribution in [0.3, 0.4) is 0 Å². The van der Waals surface area contributed by atoms with Gasteiger partial charge in [0.15, 0.2) is 5.78 Å². The highest BCUT2D eigenvalue weighted by molar-refractivity contribution is 5.91. The third-order valence-corrected chi connectivity index (χ3v) is 1.31. The first-order chi connectivity index (χ1) is 7.70. The number of ketones is 1. The van der Waals surface area contributed by atoms with Gasteiger partial charge >= 0.3 is 0 Å². The zero-order valence-corrected chi connectivity index (χ0v) is 10.5. The summed E-state index contributed by atoms with van der Waals surface area (Å²) in [7, 11) is 0. The van der Waals surface area contributed by atoms with Crippen LogP contribution >= 0.6 is 0 Å². The fraction of sp³-hybridized carbons (Fsp3) is 0.357. The number of carbonyl (C=O) groups excluding carboxylic acids is 1. The van der Waals surface area contributed by atoms with Crippen LogP contribution in [0, 0.1) is 0 Å². The Morgan fingerprint density at radius 3 is 2.06 bits per heavy atom. The van der Waals surface area contributed by atoms with Gasteiger partial charge in [-0.15, -0.1) is 0 Å². The van der Waals surface area contributed by atoms with Crippen LogP contribution in [0.4, 0.5) is 4.39 Å². The van der Waals surface area contributed by atoms with E-state index in [0.717, 1.165) is 5.56 Å². The second-order valence-electron chi connectivity index (χ2n) is 2.62. The topological polar surface area (TPSA) is 17.1 Å². The minimum absolute atomic E-state index is 0.0776. The van der Waals surface area contributed by atoms with Crippen molar-refractivity contribution in [3.05, 3.63) is 42.0 Å². The van der Waals surface area contributed by atoms with Crippen molar-refractivity contribution in [2.45, 2.75) is 27.7 Å². The Morgan fingerprint density at radius 2 is 1.69 bits per heavy atom. The maximum Gasteiger partial charge on any atom is 0.152 e. The molecule has 1 nitrogen and oxygen atoms in total. The van der Waals surface area contributed by atoms with Gasteiger partial charge in [-0.05, 0) is 25.5 Å². The molecule has 90 valence electrons. The zero-order chi connectivity index (χ0) is 12.8. The van der Waals surface area contributed by atoms with Gasteiger partial charge in [-0.3, -0.25) is 9.18 Å². The molecule has 0 atom stereocenters. The van der Waals surface area contributed by atoms with E-state index < -0.39 is 0 Å². The van der Waals surface area contributed by atoms with Gasteiger partial charge in [0.25, 0.3) is 0 Å². The Morgan fingerprint density at radius 1 is 1.25 bits per heavy atom. The summed E-state index contributed by atoms with van der Waals surface area (Å²) in [6.07, 6.45) is 3.37. The van der Waals surface area contributed by atoms with Crippen LogP contribution in [-0.2, 0) is 4.79 Å². The van der Waals surface area contributed by atoms with E-state index in [9.17, 15) is 9.18 Å². The molecule has 0 unspecified atom stereocenters. The molecule has 0 heterocycles. The number of hydrogen-bond donors (Lipinski definition) is 0. The summed E-state index contributed by atoms with van der Waals surface area (Å²) in [6.45, 7) is 6.75. The molecule has 0 saturated heterocycles. The maximum absolute atomic E-state index is 10.5. The van der Waals surface area contributed by atoms with Crippen LogP contribution in [0.2, 0.25) is 0 Å². The normalized spacial score (nSPS) is 8.56. The molecule has 0 aliphatic heterocycles. The first-order valence-electron chi connectivity index (χ1n) is 5.50. The molecule has 0 spiro atoms. The summed E-state index contributed by atoms with van der Waals surface area (Å²) in [4.78, 5) is 10.5. The van der Waals surface area contributed by atoms with E-state index in [1.54, 1.807) is 13.0 Å². The molecule has 0 bridgehead atoms. The quantitative estimate of drug-likeness (QED) is 0.685. The maximum atomic E-state index is 10.5. The van der Waals surface area contributed by atoms with Crippen LogP contribution in [0.15, 0.2) is 36.4 Å². The molecule has 2 heteroatoms. The average Bonchev–Trinajstić information content (AvgIpc) is 2.31. The van der Waals surface area contributed by atoms with Gasteiger partial charge in [0, 0.05) is 0 Å². The van der Waals surface area contributed by atoms with Gasteiger partial charge in [-0.2, -0.15) is 0 Å². The summed E-state index contributed by atoms with van der Waals surface area (Å²) in [5.74, 6) is 0.0776. The van der Waals surface area contributed by atoms with E-state index in [2.05, 4.69) is 0 Å². The summed E-state index contributed by atoms with van der Waals surface area (Å²) in [5.41, 5.74) is 1.06. The molecular weight excluding hydrogens is 203 g/mol. The molecule has 1 aromatic rings. The highest BCUT2D eigenvalue weighted by atomic mass is 19.1. The van der Waals surface area contributed by atoms with Gasteiger partial charge in [0.05, 0.1) is 6.67 Å². The molecule has 0 fully saturated rings. The molecular formula is C14H21FO. The highest BCUT2D eigenvalue weighted by Crippen LogP contribution is 2.00. The second kappa shape index (κ2) is 13.6. The number of allylic oxidation sites excluding steroid dienone is 1. The summed E-state index contributed by atoms with van der Waals surface area (Å²) < 4.78 is 10.3. The lowest BCUT2D eigenvalue weighted by molar-refractivity contribution is -0.112. The summed E-state index contributed by atoms with van der Waals surface area (Å²) >= 11 is 0. The van der Waals surface area contributed by atoms with Crippen molar-refractivity contribution in [1.82, 2.24) is 0 Å². The number of rotatable bonds is 2. The Hall–Kier alpha value is -1.44. The first-order valence-corrected chi connectivity index (χ1v) is 5.50. The first kappa shape index (κ1) is 17.0. The molecule has 0 radical (unpaired) electrons. The Kier molecular flexibility index (Phi) is 14.4. The lowest BCUT2D eigenvalue weighted by atomic mass is 10.2. The lowest BCUT2D eigenvalue weighted by Crippen LogP contribution is -1.79. The zero-order valence-electron chi connectivity index (χ0n) is 10.5. The van der Waals surface area contributed by atoms with Crippen LogP contribution < -0.4 is 0 Å². The number of hydrogen-bond acceptors (Lipinski definition) is 1. The molecule has 0 saturated carbocycles. The van der Waals surface area contributed by atoms with E-state index in [1.165, 1.54) is 6.92 Å². The molecule has 0 aromatic heterocycles. The average molecular weight is 224 g/mol. The largest absolute Gasteiger partial charge is 0.295 e. The molecule has 16 heavy (non-hydrogen) atoms. The van der Waals surface area contributed by atoms with Crippen LogP contribution in [-0.4, -0.2) is 12.5 Å². The Bertz CT molecular complexity index is 278. The Balaban J connectivity index is 0. The van der Waals surface area contributed by atoms with Crippen molar-refractivity contribution in [1.29, 1.82) is 0 Å². The van der Waals surface area contributed by atoms with Crippen LogP contribution in [0.5, 0.6) is 0 Å². The van der Waals surface area contributed by atoms with E-state index in [-0.39, 0.29) is 12.5 Å². The molecule has 0 amide bonds.